The van der Waals surface area contributed by atoms with Gasteiger partial charge < -0.3 is 24.6 Å². The lowest BCUT2D eigenvalue weighted by atomic mass is 10.1. The Morgan fingerprint density at radius 3 is 2.84 bits per heavy atom. The third-order valence-electron chi connectivity index (χ3n) is 4.07. The summed E-state index contributed by atoms with van der Waals surface area (Å²) in [7, 11) is 2.80. The molecule has 0 spiro atoms. The van der Waals surface area contributed by atoms with Crippen molar-refractivity contribution in [3.63, 3.8) is 0 Å². The molecule has 2 heterocycles. The van der Waals surface area contributed by atoms with Crippen molar-refractivity contribution in [2.24, 2.45) is 5.16 Å². The minimum absolute atomic E-state index is 0.0806. The fourth-order valence-electron chi connectivity index (χ4n) is 2.98. The summed E-state index contributed by atoms with van der Waals surface area (Å²) >= 11 is 0. The van der Waals surface area contributed by atoms with Crippen LogP contribution in [-0.4, -0.2) is 49.1 Å². The zero-order chi connectivity index (χ0) is 18.1. The number of pyridine rings is 1. The van der Waals surface area contributed by atoms with Crippen LogP contribution in [0.2, 0.25) is 0 Å². The summed E-state index contributed by atoms with van der Waals surface area (Å²) in [6.07, 6.45) is 1.70. The molecule has 8 nitrogen and oxygen atoms in total. The average Bonchev–Trinajstić information content (AvgIpc) is 3.02. The number of oxime groups is 1. The number of rotatable bonds is 4. The molecule has 0 saturated carbocycles. The monoisotopic (exact) mass is 349 g/mol. The Bertz CT molecular complexity index is 937. The number of aromatic carboxylic acids is 1. The molecule has 0 bridgehead atoms. The first-order valence-electron chi connectivity index (χ1n) is 7.47. The number of H-pyrrole nitrogens is 1. The number of hydrogen-bond acceptors (Lipinski definition) is 6. The molecule has 1 aliphatic heterocycles. The number of methoxy groups -OCH3 is 1. The van der Waals surface area contributed by atoms with Gasteiger partial charge in [-0.15, -0.1) is 0 Å². The van der Waals surface area contributed by atoms with Crippen LogP contribution in [-0.2, 0) is 4.84 Å². The van der Waals surface area contributed by atoms with Gasteiger partial charge in [0, 0.05) is 19.2 Å². The van der Waals surface area contributed by atoms with Crippen molar-refractivity contribution >= 4 is 28.3 Å². The number of carboxylic acid groups (broad SMARTS) is 1. The highest BCUT2D eigenvalue weighted by molar-refractivity contribution is 5.98. The second kappa shape index (κ2) is 6.42. The molecule has 2 aromatic rings. The van der Waals surface area contributed by atoms with Crippen molar-refractivity contribution in [1.82, 2.24) is 4.98 Å². The lowest BCUT2D eigenvalue weighted by Gasteiger charge is -2.22. The standard InChI is InChI=1S/C16H16FN3O5/c1-24-15-12-9(14(21)10(6-18-12)16(22)23)5-11(17)13(15)20-4-3-8(7-20)19-25-2/h5-6H,3-4,7H2,1-2H3,(H,18,21)(H,22,23). The molecule has 0 atom stereocenters. The highest BCUT2D eigenvalue weighted by Gasteiger charge is 2.27. The van der Waals surface area contributed by atoms with Crippen LogP contribution in [0.1, 0.15) is 16.8 Å². The van der Waals surface area contributed by atoms with E-state index in [9.17, 15) is 14.0 Å². The van der Waals surface area contributed by atoms with Crippen LogP contribution in [0.25, 0.3) is 10.9 Å². The van der Waals surface area contributed by atoms with Gasteiger partial charge in [0.2, 0.25) is 5.43 Å². The van der Waals surface area contributed by atoms with Crippen LogP contribution in [0.15, 0.2) is 22.2 Å². The molecule has 1 aromatic heterocycles. The van der Waals surface area contributed by atoms with E-state index < -0.39 is 22.8 Å². The number of hydrogen-bond donors (Lipinski definition) is 2. The number of fused-ring (bicyclic) bond motifs is 1. The Morgan fingerprint density at radius 2 is 2.20 bits per heavy atom. The van der Waals surface area contributed by atoms with Gasteiger partial charge in [-0.05, 0) is 6.07 Å². The van der Waals surface area contributed by atoms with Crippen molar-refractivity contribution in [3.05, 3.63) is 33.9 Å². The van der Waals surface area contributed by atoms with Crippen molar-refractivity contribution in [2.75, 3.05) is 32.2 Å². The number of nitrogens with one attached hydrogen (secondary N) is 1. The van der Waals surface area contributed by atoms with E-state index in [0.29, 0.717) is 19.5 Å². The van der Waals surface area contributed by atoms with Gasteiger partial charge in [0.05, 0.1) is 30.3 Å². The normalized spacial score (nSPS) is 15.8. The maximum Gasteiger partial charge on any atom is 0.341 e. The number of aromatic nitrogens is 1. The van der Waals surface area contributed by atoms with Gasteiger partial charge in [0.15, 0.2) is 11.6 Å². The number of nitrogens with zero attached hydrogens (tertiary/aromatic N) is 2. The van der Waals surface area contributed by atoms with E-state index in [0.717, 1.165) is 18.0 Å². The van der Waals surface area contributed by atoms with Gasteiger partial charge in [-0.1, -0.05) is 5.16 Å². The molecular formula is C16H16FN3O5. The Kier molecular flexibility index (Phi) is 4.30. The number of carbonyl (C=O) groups is 1. The van der Waals surface area contributed by atoms with Crippen LogP contribution < -0.4 is 15.1 Å². The first-order valence-corrected chi connectivity index (χ1v) is 7.47. The lowest BCUT2D eigenvalue weighted by Crippen LogP contribution is -2.23. The molecule has 132 valence electrons. The molecule has 0 unspecified atom stereocenters. The third-order valence-corrected chi connectivity index (χ3v) is 4.07. The quantitative estimate of drug-likeness (QED) is 0.812. The maximum absolute atomic E-state index is 14.8. The summed E-state index contributed by atoms with van der Waals surface area (Å²) in [5.41, 5.74) is -0.0368. The second-order valence-electron chi connectivity index (χ2n) is 5.51. The molecule has 3 rings (SSSR count). The van der Waals surface area contributed by atoms with Gasteiger partial charge >= 0.3 is 5.97 Å². The van der Waals surface area contributed by atoms with Crippen molar-refractivity contribution in [1.29, 1.82) is 0 Å². The van der Waals surface area contributed by atoms with Crippen LogP contribution in [0.3, 0.4) is 0 Å². The molecule has 0 amide bonds. The first-order chi connectivity index (χ1) is 12.0. The summed E-state index contributed by atoms with van der Waals surface area (Å²) in [5, 5.41) is 12.8. The first kappa shape index (κ1) is 16.7. The molecule has 1 aromatic carbocycles. The zero-order valence-electron chi connectivity index (χ0n) is 13.6. The second-order valence-corrected chi connectivity index (χ2v) is 5.51. The summed E-state index contributed by atoms with van der Waals surface area (Å²) < 4.78 is 20.1. The smallest absolute Gasteiger partial charge is 0.341 e. The van der Waals surface area contributed by atoms with E-state index in [1.165, 1.54) is 14.2 Å². The van der Waals surface area contributed by atoms with E-state index in [1.807, 2.05) is 0 Å². The number of anilines is 1. The maximum atomic E-state index is 14.8. The van der Waals surface area contributed by atoms with Gasteiger partial charge in [-0.25, -0.2) is 9.18 Å². The van der Waals surface area contributed by atoms with Gasteiger partial charge in [0.1, 0.15) is 18.4 Å². The average molecular weight is 349 g/mol. The largest absolute Gasteiger partial charge is 0.492 e. The van der Waals surface area contributed by atoms with E-state index in [4.69, 9.17) is 14.7 Å². The van der Waals surface area contributed by atoms with Crippen molar-refractivity contribution in [3.8, 4) is 5.75 Å². The summed E-state index contributed by atoms with van der Waals surface area (Å²) in [4.78, 5) is 32.6. The van der Waals surface area contributed by atoms with E-state index in [-0.39, 0.29) is 22.3 Å². The Morgan fingerprint density at radius 1 is 1.44 bits per heavy atom. The topological polar surface area (TPSA) is 104 Å². The fraction of sp³-hybridized carbons (Fsp3) is 0.312. The predicted octanol–water partition coefficient (Wildman–Crippen LogP) is 1.59. The molecule has 25 heavy (non-hydrogen) atoms. The van der Waals surface area contributed by atoms with E-state index >= 15 is 0 Å². The van der Waals surface area contributed by atoms with Gasteiger partial charge in [0.25, 0.3) is 0 Å². The molecule has 2 N–H and O–H groups in total. The molecule has 1 aliphatic rings. The molecule has 1 saturated heterocycles. The summed E-state index contributed by atoms with van der Waals surface area (Å²) in [6.45, 7) is 0.877. The van der Waals surface area contributed by atoms with Crippen LogP contribution in [0, 0.1) is 5.82 Å². The summed E-state index contributed by atoms with van der Waals surface area (Å²) in [5.74, 6) is -1.91. The Balaban J connectivity index is 2.20. The Labute approximate surface area is 141 Å². The van der Waals surface area contributed by atoms with E-state index in [2.05, 4.69) is 10.1 Å². The predicted molar refractivity (Wildman–Crippen MR) is 89.3 cm³/mol. The lowest BCUT2D eigenvalue weighted by molar-refractivity contribution is 0.0695. The third kappa shape index (κ3) is 2.77. The van der Waals surface area contributed by atoms with Gasteiger partial charge in [-0.2, -0.15) is 0 Å². The number of aromatic amines is 1. The molecule has 9 heteroatoms. The Hall–Kier alpha value is -3.10. The molecule has 0 aliphatic carbocycles. The van der Waals surface area contributed by atoms with Crippen LogP contribution >= 0.6 is 0 Å². The minimum Gasteiger partial charge on any atom is -0.492 e. The summed E-state index contributed by atoms with van der Waals surface area (Å²) in [6, 6.07) is 1.03. The molecular weight excluding hydrogens is 333 g/mol. The van der Waals surface area contributed by atoms with Crippen LogP contribution in [0.5, 0.6) is 5.75 Å². The minimum atomic E-state index is -1.38. The highest BCUT2D eigenvalue weighted by atomic mass is 19.1. The SMILES string of the molecule is CON=C1CCN(c2c(F)cc3c(=O)c(C(=O)O)c[nH]c3c2OC)C1. The number of benzene rings is 1. The van der Waals surface area contributed by atoms with Crippen molar-refractivity contribution < 1.29 is 23.9 Å². The fourth-order valence-corrected chi connectivity index (χ4v) is 2.98. The highest BCUT2D eigenvalue weighted by Crippen LogP contribution is 2.38. The van der Waals surface area contributed by atoms with E-state index in [1.54, 1.807) is 4.90 Å². The molecule has 0 radical (unpaired) electrons. The number of halogens is 1. The van der Waals surface area contributed by atoms with Gasteiger partial charge in [-0.3, -0.25) is 4.79 Å². The zero-order valence-corrected chi connectivity index (χ0v) is 13.6. The van der Waals surface area contributed by atoms with Crippen LogP contribution in [0.4, 0.5) is 10.1 Å². The number of ether oxygens (including phenoxy) is 1. The number of carboxylic acids is 1. The van der Waals surface area contributed by atoms with Crippen molar-refractivity contribution in [2.45, 2.75) is 6.42 Å². The molecule has 1 fully saturated rings.